The minimum absolute atomic E-state index is 0.0486. The Kier molecular flexibility index (Phi) is 3.60. The van der Waals surface area contributed by atoms with Crippen molar-refractivity contribution in [3.05, 3.63) is 17.5 Å². The van der Waals surface area contributed by atoms with E-state index in [9.17, 15) is 9.59 Å². The zero-order chi connectivity index (χ0) is 11.4. The van der Waals surface area contributed by atoms with E-state index in [1.807, 2.05) is 0 Å². The molecule has 0 amide bonds. The first-order valence-electron chi connectivity index (χ1n) is 4.75. The van der Waals surface area contributed by atoms with Crippen LogP contribution in [0.2, 0.25) is 0 Å². The van der Waals surface area contributed by atoms with Gasteiger partial charge in [-0.25, -0.2) is 0 Å². The molecule has 0 unspecified atom stereocenters. The van der Waals surface area contributed by atoms with E-state index < -0.39 is 0 Å². The summed E-state index contributed by atoms with van der Waals surface area (Å²) in [6.45, 7) is 5.36. The number of hydrogen-bond acceptors (Lipinski definition) is 4. The van der Waals surface area contributed by atoms with Crippen LogP contribution in [0.5, 0.6) is 0 Å². The highest BCUT2D eigenvalue weighted by atomic mass is 16.5. The molecule has 5 nitrogen and oxygen atoms in total. The molecule has 5 heteroatoms. The third kappa shape index (κ3) is 2.65. The van der Waals surface area contributed by atoms with Crippen molar-refractivity contribution in [2.75, 3.05) is 6.61 Å². The lowest BCUT2D eigenvalue weighted by Crippen LogP contribution is -2.15. The Balaban J connectivity index is 2.79. The predicted molar refractivity (Wildman–Crippen MR) is 53.6 cm³/mol. The minimum atomic E-state index is -0.348. The largest absolute Gasteiger partial charge is 0.465 e. The van der Waals surface area contributed by atoms with Crippen LogP contribution in [0.25, 0.3) is 0 Å². The molecule has 0 spiro atoms. The molecule has 0 saturated carbocycles. The fraction of sp³-hybridized carbons (Fsp3) is 0.500. The van der Waals surface area contributed by atoms with E-state index in [0.717, 1.165) is 0 Å². The summed E-state index contributed by atoms with van der Waals surface area (Å²) in [6, 6.07) is 0. The number of ether oxygens (including phenoxy) is 1. The van der Waals surface area contributed by atoms with E-state index >= 15 is 0 Å². The molecule has 1 heterocycles. The molecule has 0 saturated heterocycles. The molecule has 82 valence electrons. The van der Waals surface area contributed by atoms with Crippen LogP contribution in [-0.2, 0) is 16.1 Å². The third-order valence-corrected chi connectivity index (χ3v) is 2.07. The second-order valence-corrected chi connectivity index (χ2v) is 3.16. The topological polar surface area (TPSA) is 61.2 Å². The number of carbonyl (C=O) groups is 2. The maximum atomic E-state index is 11.2. The Hall–Kier alpha value is -1.65. The second-order valence-electron chi connectivity index (χ2n) is 3.16. The summed E-state index contributed by atoms with van der Waals surface area (Å²) in [5, 5.41) is 3.95. The molecule has 1 aromatic rings. The van der Waals surface area contributed by atoms with Crippen LogP contribution in [0.3, 0.4) is 0 Å². The lowest BCUT2D eigenvalue weighted by Gasteiger charge is -2.04. The molecule has 0 aliphatic carbocycles. The first kappa shape index (κ1) is 11.4. The summed E-state index contributed by atoms with van der Waals surface area (Å²) in [5.74, 6) is -0.401. The summed E-state index contributed by atoms with van der Waals surface area (Å²) in [6.07, 6.45) is 1.47. The van der Waals surface area contributed by atoms with Gasteiger partial charge in [0.05, 0.1) is 18.4 Å². The highest BCUT2D eigenvalue weighted by Crippen LogP contribution is 2.07. The van der Waals surface area contributed by atoms with Gasteiger partial charge in [0, 0.05) is 5.69 Å². The van der Waals surface area contributed by atoms with Crippen LogP contribution in [0.1, 0.15) is 29.9 Å². The fourth-order valence-electron chi connectivity index (χ4n) is 1.28. The Morgan fingerprint density at radius 3 is 2.67 bits per heavy atom. The molecule has 0 N–H and O–H groups in total. The number of nitrogens with zero attached hydrogens (tertiary/aromatic N) is 2. The van der Waals surface area contributed by atoms with Gasteiger partial charge in [-0.3, -0.25) is 14.3 Å². The van der Waals surface area contributed by atoms with Crippen molar-refractivity contribution in [2.45, 2.75) is 27.3 Å². The van der Waals surface area contributed by atoms with E-state index in [2.05, 4.69) is 5.10 Å². The van der Waals surface area contributed by atoms with Crippen molar-refractivity contribution in [1.82, 2.24) is 9.78 Å². The minimum Gasteiger partial charge on any atom is -0.465 e. The number of carbonyl (C=O) groups excluding carboxylic acids is 2. The SMILES string of the molecule is CCOC(=O)Cn1ncc(C(C)=O)c1C. The van der Waals surface area contributed by atoms with Crippen molar-refractivity contribution in [3.8, 4) is 0 Å². The maximum absolute atomic E-state index is 11.2. The Morgan fingerprint density at radius 2 is 2.20 bits per heavy atom. The molecule has 0 atom stereocenters. The van der Waals surface area contributed by atoms with Crippen LogP contribution in [0, 0.1) is 6.92 Å². The van der Waals surface area contributed by atoms with Crippen LogP contribution in [-0.4, -0.2) is 28.1 Å². The zero-order valence-corrected chi connectivity index (χ0v) is 9.11. The van der Waals surface area contributed by atoms with E-state index in [0.29, 0.717) is 17.9 Å². The average Bonchev–Trinajstić information content (AvgIpc) is 2.48. The second kappa shape index (κ2) is 4.72. The highest BCUT2D eigenvalue weighted by molar-refractivity contribution is 5.94. The summed E-state index contributed by atoms with van der Waals surface area (Å²) in [5.41, 5.74) is 1.23. The van der Waals surface area contributed by atoms with Gasteiger partial charge in [0.15, 0.2) is 5.78 Å². The van der Waals surface area contributed by atoms with Crippen molar-refractivity contribution in [3.63, 3.8) is 0 Å². The first-order chi connectivity index (χ1) is 7.06. The highest BCUT2D eigenvalue weighted by Gasteiger charge is 2.12. The lowest BCUT2D eigenvalue weighted by molar-refractivity contribution is -0.144. The van der Waals surface area contributed by atoms with Gasteiger partial charge in [-0.15, -0.1) is 0 Å². The molecule has 0 bridgehead atoms. The van der Waals surface area contributed by atoms with E-state index in [-0.39, 0.29) is 18.3 Å². The van der Waals surface area contributed by atoms with Crippen LogP contribution >= 0.6 is 0 Å². The molecule has 0 radical (unpaired) electrons. The quantitative estimate of drug-likeness (QED) is 0.548. The maximum Gasteiger partial charge on any atom is 0.327 e. The molecule has 0 fully saturated rings. The summed E-state index contributed by atoms with van der Waals surface area (Å²) >= 11 is 0. The number of Topliss-reactive ketones (excluding diaryl/α,β-unsaturated/α-hetero) is 1. The summed E-state index contributed by atoms with van der Waals surface area (Å²) in [7, 11) is 0. The first-order valence-corrected chi connectivity index (χ1v) is 4.75. The summed E-state index contributed by atoms with van der Waals surface area (Å²) < 4.78 is 6.25. The Labute approximate surface area is 88.0 Å². The van der Waals surface area contributed by atoms with Crippen molar-refractivity contribution in [2.24, 2.45) is 0 Å². The number of aromatic nitrogens is 2. The monoisotopic (exact) mass is 210 g/mol. The van der Waals surface area contributed by atoms with E-state index in [1.54, 1.807) is 13.8 Å². The van der Waals surface area contributed by atoms with Gasteiger partial charge < -0.3 is 4.74 Å². The van der Waals surface area contributed by atoms with Gasteiger partial charge in [0.1, 0.15) is 6.54 Å². The number of hydrogen-bond donors (Lipinski definition) is 0. The van der Waals surface area contributed by atoms with Crippen molar-refractivity contribution in [1.29, 1.82) is 0 Å². The van der Waals surface area contributed by atoms with Crippen LogP contribution in [0.4, 0.5) is 0 Å². The van der Waals surface area contributed by atoms with Gasteiger partial charge >= 0.3 is 5.97 Å². The van der Waals surface area contributed by atoms with Crippen LogP contribution in [0.15, 0.2) is 6.20 Å². The average molecular weight is 210 g/mol. The predicted octanol–water partition coefficient (Wildman–Crippen LogP) is 0.957. The van der Waals surface area contributed by atoms with Crippen LogP contribution < -0.4 is 0 Å². The molecular weight excluding hydrogens is 196 g/mol. The van der Waals surface area contributed by atoms with Crippen molar-refractivity contribution < 1.29 is 14.3 Å². The van der Waals surface area contributed by atoms with Gasteiger partial charge in [0.25, 0.3) is 0 Å². The Morgan fingerprint density at radius 1 is 1.53 bits per heavy atom. The molecule has 1 rings (SSSR count). The molecular formula is C10H14N2O3. The molecule has 0 aromatic carbocycles. The molecule has 15 heavy (non-hydrogen) atoms. The lowest BCUT2D eigenvalue weighted by atomic mass is 10.2. The van der Waals surface area contributed by atoms with Crippen molar-refractivity contribution >= 4 is 11.8 Å². The van der Waals surface area contributed by atoms with Gasteiger partial charge in [-0.2, -0.15) is 5.10 Å². The van der Waals surface area contributed by atoms with Gasteiger partial charge in [-0.1, -0.05) is 0 Å². The fourth-order valence-corrected chi connectivity index (χ4v) is 1.28. The van der Waals surface area contributed by atoms with E-state index in [4.69, 9.17) is 4.74 Å². The number of ketones is 1. The summed E-state index contributed by atoms with van der Waals surface area (Å²) in [4.78, 5) is 22.3. The molecule has 1 aromatic heterocycles. The normalized spacial score (nSPS) is 10.1. The standard InChI is InChI=1S/C10H14N2O3/c1-4-15-10(14)6-12-7(2)9(5-11-12)8(3)13/h5H,4,6H2,1-3H3. The number of rotatable bonds is 4. The zero-order valence-electron chi connectivity index (χ0n) is 9.11. The third-order valence-electron chi connectivity index (χ3n) is 2.07. The van der Waals surface area contributed by atoms with Gasteiger partial charge in [0.2, 0.25) is 0 Å². The molecule has 0 aliphatic heterocycles. The number of esters is 1. The smallest absolute Gasteiger partial charge is 0.327 e. The van der Waals surface area contributed by atoms with E-state index in [1.165, 1.54) is 17.8 Å². The van der Waals surface area contributed by atoms with Gasteiger partial charge in [-0.05, 0) is 20.8 Å². The molecule has 0 aliphatic rings. The Bertz CT molecular complexity index is 382.